The fourth-order valence-electron chi connectivity index (χ4n) is 1.02. The van der Waals surface area contributed by atoms with E-state index in [1.54, 1.807) is 18.2 Å². The van der Waals surface area contributed by atoms with Crippen LogP contribution in [0.5, 0.6) is 11.5 Å². The van der Waals surface area contributed by atoms with Gasteiger partial charge in [0.1, 0.15) is 11.5 Å². The van der Waals surface area contributed by atoms with Gasteiger partial charge in [0.05, 0.1) is 3.57 Å². The Morgan fingerprint density at radius 3 is 1.59 bits per heavy atom. The van der Waals surface area contributed by atoms with Crippen molar-refractivity contribution < 1.29 is 10.2 Å². The van der Waals surface area contributed by atoms with E-state index < -0.39 is 0 Å². The first-order chi connectivity index (χ1) is 7.61. The van der Waals surface area contributed by atoms with Gasteiger partial charge in [-0.25, -0.2) is 0 Å². The summed E-state index contributed by atoms with van der Waals surface area (Å²) in [6, 6.07) is 14.5. The molecule has 2 aromatic carbocycles. The number of phenolic OH excluding ortho intramolecular Hbond substituents is 2. The fraction of sp³-hybridized carbons (Fsp3) is 0.0769. The molecule has 0 spiro atoms. The third-order valence-electron chi connectivity index (χ3n) is 1.97. The van der Waals surface area contributed by atoms with Crippen molar-refractivity contribution >= 4 is 52.1 Å². The summed E-state index contributed by atoms with van der Waals surface area (Å²) in [6.45, 7) is 1.87. The summed E-state index contributed by atoms with van der Waals surface area (Å²) < 4.78 is 0.894. The van der Waals surface area contributed by atoms with Crippen molar-refractivity contribution in [3.63, 3.8) is 0 Å². The molecule has 0 heterocycles. The summed E-state index contributed by atoms with van der Waals surface area (Å²) in [4.78, 5) is 0. The monoisotopic (exact) mass is 352 g/mol. The minimum atomic E-state index is 0. The average Bonchev–Trinajstić information content (AvgIpc) is 2.28. The first-order valence-corrected chi connectivity index (χ1v) is 5.87. The SMILES string of the molecule is Cc1ccccc1O.Oc1ccccc1I.[NaH]. The van der Waals surface area contributed by atoms with Gasteiger partial charge in [-0.05, 0) is 53.3 Å². The molecule has 0 fully saturated rings. The molecule has 0 saturated heterocycles. The van der Waals surface area contributed by atoms with E-state index in [2.05, 4.69) is 22.6 Å². The van der Waals surface area contributed by atoms with E-state index in [1.807, 2.05) is 37.3 Å². The number of rotatable bonds is 0. The Balaban J connectivity index is 0.000000284. The molecule has 0 aliphatic rings. The molecule has 2 aromatic rings. The number of para-hydroxylation sites is 2. The Bertz CT molecular complexity index is 375. The number of aromatic hydroxyl groups is 2. The molecule has 2 nitrogen and oxygen atoms in total. The third kappa shape index (κ3) is 6.31. The van der Waals surface area contributed by atoms with Gasteiger partial charge in [0, 0.05) is 0 Å². The molecule has 0 aliphatic carbocycles. The van der Waals surface area contributed by atoms with Gasteiger partial charge in [0.15, 0.2) is 0 Å². The molecule has 4 heteroatoms. The van der Waals surface area contributed by atoms with Gasteiger partial charge in [-0.1, -0.05) is 30.3 Å². The first kappa shape index (κ1) is 16.8. The van der Waals surface area contributed by atoms with E-state index in [9.17, 15) is 0 Å². The number of hydrogen-bond acceptors (Lipinski definition) is 2. The predicted octanol–water partition coefficient (Wildman–Crippen LogP) is 3.05. The number of phenols is 2. The number of aryl methyl sites for hydroxylation is 1. The van der Waals surface area contributed by atoms with Gasteiger partial charge in [-0.15, -0.1) is 0 Å². The molecule has 0 radical (unpaired) electrons. The maximum atomic E-state index is 8.92. The Hall–Kier alpha value is -0.230. The summed E-state index contributed by atoms with van der Waals surface area (Å²) in [5.41, 5.74) is 0.924. The van der Waals surface area contributed by atoms with Crippen LogP contribution in [0.4, 0.5) is 0 Å². The molecule has 17 heavy (non-hydrogen) atoms. The third-order valence-corrected chi connectivity index (χ3v) is 2.88. The molecule has 0 atom stereocenters. The van der Waals surface area contributed by atoms with Crippen LogP contribution < -0.4 is 0 Å². The van der Waals surface area contributed by atoms with Crippen LogP contribution in [0.15, 0.2) is 48.5 Å². The summed E-state index contributed by atoms with van der Waals surface area (Å²) in [5, 5.41) is 17.8. The summed E-state index contributed by atoms with van der Waals surface area (Å²) in [7, 11) is 0. The van der Waals surface area contributed by atoms with Gasteiger partial charge >= 0.3 is 29.6 Å². The summed E-state index contributed by atoms with van der Waals surface area (Å²) in [6.07, 6.45) is 0. The molecule has 0 amide bonds. The Morgan fingerprint density at radius 1 is 0.824 bits per heavy atom. The van der Waals surface area contributed by atoms with Gasteiger partial charge < -0.3 is 10.2 Å². The van der Waals surface area contributed by atoms with Crippen LogP contribution in [0.25, 0.3) is 0 Å². The second-order valence-corrected chi connectivity index (χ2v) is 4.40. The van der Waals surface area contributed by atoms with Crippen molar-refractivity contribution in [1.82, 2.24) is 0 Å². The van der Waals surface area contributed by atoms with Gasteiger partial charge in [0.2, 0.25) is 0 Å². The summed E-state index contributed by atoms with van der Waals surface area (Å²) >= 11 is 2.07. The second-order valence-electron chi connectivity index (χ2n) is 3.24. The molecule has 86 valence electrons. The zero-order chi connectivity index (χ0) is 12.0. The summed E-state index contributed by atoms with van der Waals surface area (Å²) in [5.74, 6) is 0.723. The maximum absolute atomic E-state index is 8.92. The van der Waals surface area contributed by atoms with Crippen LogP contribution in [0, 0.1) is 10.5 Å². The van der Waals surface area contributed by atoms with E-state index in [0.717, 1.165) is 9.13 Å². The molecule has 0 saturated carbocycles. The molecule has 0 bridgehead atoms. The van der Waals surface area contributed by atoms with E-state index in [0.29, 0.717) is 11.5 Å². The number of benzene rings is 2. The molecule has 0 aliphatic heterocycles. The van der Waals surface area contributed by atoms with Gasteiger partial charge in [-0.2, -0.15) is 0 Å². The van der Waals surface area contributed by atoms with Crippen molar-refractivity contribution in [2.24, 2.45) is 0 Å². The van der Waals surface area contributed by atoms with Crippen molar-refractivity contribution in [1.29, 1.82) is 0 Å². The van der Waals surface area contributed by atoms with Crippen LogP contribution in [0.3, 0.4) is 0 Å². The van der Waals surface area contributed by atoms with Crippen LogP contribution in [-0.4, -0.2) is 39.8 Å². The molecule has 2 N–H and O–H groups in total. The fourth-order valence-corrected chi connectivity index (χ4v) is 1.40. The predicted molar refractivity (Wildman–Crippen MR) is 80.8 cm³/mol. The normalized spacial score (nSPS) is 8.59. The molecule has 0 aromatic heterocycles. The van der Waals surface area contributed by atoms with Crippen LogP contribution in [0.1, 0.15) is 5.56 Å². The Labute approximate surface area is 137 Å². The van der Waals surface area contributed by atoms with E-state index in [-0.39, 0.29) is 29.6 Å². The molecular weight excluding hydrogens is 338 g/mol. The van der Waals surface area contributed by atoms with E-state index in [4.69, 9.17) is 10.2 Å². The zero-order valence-corrected chi connectivity index (χ0v) is 11.0. The van der Waals surface area contributed by atoms with Crippen molar-refractivity contribution in [3.8, 4) is 11.5 Å². The van der Waals surface area contributed by atoms with Crippen molar-refractivity contribution in [3.05, 3.63) is 57.7 Å². The quantitative estimate of drug-likeness (QED) is 0.565. The van der Waals surface area contributed by atoms with Crippen LogP contribution in [-0.2, 0) is 0 Å². The van der Waals surface area contributed by atoms with Crippen LogP contribution in [0.2, 0.25) is 0 Å². The van der Waals surface area contributed by atoms with Gasteiger partial charge in [0.25, 0.3) is 0 Å². The van der Waals surface area contributed by atoms with E-state index >= 15 is 0 Å². The van der Waals surface area contributed by atoms with Crippen molar-refractivity contribution in [2.45, 2.75) is 6.92 Å². The molecular formula is C13H14INaO2. The number of hydrogen-bond donors (Lipinski definition) is 2. The topological polar surface area (TPSA) is 40.5 Å². The molecule has 2 rings (SSSR count). The van der Waals surface area contributed by atoms with E-state index in [1.165, 1.54) is 0 Å². The standard InChI is InChI=1S/C7H8O.C6H5IO.Na.H/c1-6-4-2-3-5-7(6)8;7-5-3-1-2-4-6(5)8;;/h2-5,8H,1H3;1-4,8H;;. The van der Waals surface area contributed by atoms with Gasteiger partial charge in [-0.3, -0.25) is 0 Å². The molecule has 0 unspecified atom stereocenters. The van der Waals surface area contributed by atoms with Crippen LogP contribution >= 0.6 is 22.6 Å². The second kappa shape index (κ2) is 8.80. The first-order valence-electron chi connectivity index (χ1n) is 4.79. The Morgan fingerprint density at radius 2 is 1.29 bits per heavy atom. The Kier molecular flexibility index (Phi) is 8.68. The number of halogens is 1. The van der Waals surface area contributed by atoms with Crippen molar-refractivity contribution in [2.75, 3.05) is 0 Å². The average molecular weight is 352 g/mol. The zero-order valence-electron chi connectivity index (χ0n) is 8.89. The minimum absolute atomic E-state index is 0.